The van der Waals surface area contributed by atoms with Gasteiger partial charge in [-0.25, -0.2) is 9.48 Å². The summed E-state index contributed by atoms with van der Waals surface area (Å²) in [5, 5.41) is 19.8. The van der Waals surface area contributed by atoms with Crippen LogP contribution in [0.2, 0.25) is 0 Å². The highest BCUT2D eigenvalue weighted by molar-refractivity contribution is 5.78. The Morgan fingerprint density at radius 2 is 1.73 bits per heavy atom. The number of esters is 5. The second kappa shape index (κ2) is 14.5. The van der Waals surface area contributed by atoms with Gasteiger partial charge in [-0.3, -0.25) is 24.0 Å². The summed E-state index contributed by atoms with van der Waals surface area (Å²) in [6.07, 6.45) is -5.26. The summed E-state index contributed by atoms with van der Waals surface area (Å²) in [7, 11) is 1.06. The fourth-order valence-electron chi connectivity index (χ4n) is 4.36. The van der Waals surface area contributed by atoms with Crippen LogP contribution in [0.25, 0.3) is 0 Å². The molecule has 1 saturated heterocycles. The normalized spacial score (nSPS) is 23.3. The molecule has 0 spiro atoms. The van der Waals surface area contributed by atoms with Gasteiger partial charge in [0.2, 0.25) is 5.91 Å². The maximum Gasteiger partial charge on any atom is 0.361 e. The minimum Gasteiger partial charge on any atom is -0.465 e. The highest BCUT2D eigenvalue weighted by Gasteiger charge is 2.60. The topological polar surface area (TPSA) is 221 Å². The van der Waals surface area contributed by atoms with Crippen LogP contribution < -0.4 is 5.32 Å². The monoisotopic (exact) mass is 586 g/mol. The molecule has 17 nitrogen and oxygen atoms in total. The Balaban J connectivity index is 2.82. The number of ether oxygens (including phenoxy) is 6. The van der Waals surface area contributed by atoms with E-state index in [4.69, 9.17) is 28.4 Å². The van der Waals surface area contributed by atoms with Crippen molar-refractivity contribution in [2.24, 2.45) is 0 Å². The first-order chi connectivity index (χ1) is 19.2. The van der Waals surface area contributed by atoms with Crippen LogP contribution in [-0.2, 0) is 69.3 Å². The van der Waals surface area contributed by atoms with Gasteiger partial charge in [-0.05, 0) is 0 Å². The largest absolute Gasteiger partial charge is 0.465 e. The Labute approximate surface area is 234 Å². The summed E-state index contributed by atoms with van der Waals surface area (Å²) in [6, 6.07) is -1.31. The molecule has 2 rings (SSSR count). The molecule has 2 heterocycles. The summed E-state index contributed by atoms with van der Waals surface area (Å²) in [5.74, 6) is -4.98. The molecule has 1 aromatic rings. The van der Waals surface area contributed by atoms with Crippen molar-refractivity contribution >= 4 is 35.8 Å². The Kier molecular flexibility index (Phi) is 11.7. The van der Waals surface area contributed by atoms with Crippen molar-refractivity contribution in [2.45, 2.75) is 83.6 Å². The number of hydrogen-bond donors (Lipinski definition) is 2. The summed E-state index contributed by atoms with van der Waals surface area (Å²) in [5.41, 5.74) is -1.98. The van der Waals surface area contributed by atoms with Gasteiger partial charge in [-0.1, -0.05) is 5.21 Å². The number of aromatic nitrogens is 3. The Hall–Kier alpha value is -4.12. The van der Waals surface area contributed by atoms with Crippen LogP contribution in [-0.4, -0.2) is 107 Å². The molecule has 0 unspecified atom stereocenters. The number of carbonyl (C=O) groups is 6. The van der Waals surface area contributed by atoms with Crippen LogP contribution in [0, 0.1) is 0 Å². The molecule has 1 aromatic heterocycles. The highest BCUT2D eigenvalue weighted by atomic mass is 16.6. The lowest BCUT2D eigenvalue weighted by Gasteiger charge is -2.48. The van der Waals surface area contributed by atoms with Crippen LogP contribution in [0.3, 0.4) is 0 Å². The molecule has 1 aliphatic heterocycles. The Morgan fingerprint density at radius 1 is 1.07 bits per heavy atom. The van der Waals surface area contributed by atoms with Crippen LogP contribution in [0.5, 0.6) is 0 Å². The first kappa shape index (κ1) is 33.1. The first-order valence-corrected chi connectivity index (χ1v) is 12.4. The van der Waals surface area contributed by atoms with E-state index in [1.54, 1.807) is 0 Å². The lowest BCUT2D eigenvalue weighted by Crippen LogP contribution is -2.69. The number of nitrogens with zero attached hydrogens (tertiary/aromatic N) is 3. The zero-order valence-electron chi connectivity index (χ0n) is 23.5. The fraction of sp³-hybridized carbons (Fsp3) is 0.667. The number of hydrogen-bond acceptors (Lipinski definition) is 15. The molecule has 2 N–H and O–H groups in total. The minimum absolute atomic E-state index is 0.0650. The van der Waals surface area contributed by atoms with E-state index in [-0.39, 0.29) is 18.7 Å². The summed E-state index contributed by atoms with van der Waals surface area (Å²) >= 11 is 0. The standard InChI is InChI=1S/C24H34N4O13/c1-12(30)25-20-18(38-14(3)32)9-24(23(35)36-6,28-10-17(7-8-29)26-27-28)41-22(20)21(40-16(5)34)19(39-15(4)33)11-37-13(2)31/h10,18-22,29H,7-9,11H2,1-6H3,(H,25,30)/t18-,19+,20+,21+,22+,24+/m0/s1. The summed E-state index contributed by atoms with van der Waals surface area (Å²) in [4.78, 5) is 73.7. The molecule has 0 aliphatic carbocycles. The van der Waals surface area contributed by atoms with Crippen LogP contribution in [0.1, 0.15) is 46.7 Å². The third-order valence-corrected chi connectivity index (χ3v) is 5.79. The first-order valence-electron chi connectivity index (χ1n) is 12.4. The van der Waals surface area contributed by atoms with E-state index in [2.05, 4.69) is 15.6 Å². The van der Waals surface area contributed by atoms with Gasteiger partial charge < -0.3 is 38.8 Å². The van der Waals surface area contributed by atoms with Crippen molar-refractivity contribution in [3.05, 3.63) is 11.9 Å². The molecular formula is C24H34N4O13. The lowest BCUT2D eigenvalue weighted by atomic mass is 9.86. The quantitative estimate of drug-likeness (QED) is 0.206. The zero-order valence-corrected chi connectivity index (χ0v) is 23.5. The summed E-state index contributed by atoms with van der Waals surface area (Å²) in [6.45, 7) is 4.53. The summed E-state index contributed by atoms with van der Waals surface area (Å²) < 4.78 is 33.6. The molecule has 228 valence electrons. The molecule has 0 bridgehead atoms. The molecule has 0 saturated carbocycles. The third-order valence-electron chi connectivity index (χ3n) is 5.79. The SMILES string of the molecule is COC(=O)[C@@]1(n2cc(CCO)nn2)C[C@H](OC(C)=O)[C@@H](NC(C)=O)[C@H]([C@H](OC(C)=O)[C@@H](COC(C)=O)OC(C)=O)O1. The molecule has 1 amide bonds. The molecular weight excluding hydrogens is 552 g/mol. The van der Waals surface area contributed by atoms with Gasteiger partial charge >= 0.3 is 29.8 Å². The predicted molar refractivity (Wildman–Crippen MR) is 131 cm³/mol. The number of amides is 1. The average Bonchev–Trinajstić information content (AvgIpc) is 3.34. The van der Waals surface area contributed by atoms with Crippen molar-refractivity contribution in [2.75, 3.05) is 20.3 Å². The van der Waals surface area contributed by atoms with Crippen molar-refractivity contribution < 1.29 is 62.3 Å². The van der Waals surface area contributed by atoms with Crippen molar-refractivity contribution in [3.63, 3.8) is 0 Å². The number of nitrogens with one attached hydrogen (secondary N) is 1. The van der Waals surface area contributed by atoms with Gasteiger partial charge in [0.25, 0.3) is 5.72 Å². The minimum atomic E-state index is -2.24. The van der Waals surface area contributed by atoms with Crippen LogP contribution >= 0.6 is 0 Å². The second-order valence-electron chi connectivity index (χ2n) is 9.09. The highest BCUT2D eigenvalue weighted by Crippen LogP contribution is 2.39. The number of aliphatic hydroxyl groups excluding tert-OH is 1. The number of methoxy groups -OCH3 is 1. The average molecular weight is 587 g/mol. The van der Waals surface area contributed by atoms with E-state index in [9.17, 15) is 33.9 Å². The van der Waals surface area contributed by atoms with Gasteiger partial charge in [0.05, 0.1) is 25.0 Å². The Morgan fingerprint density at radius 3 is 2.24 bits per heavy atom. The molecule has 0 aromatic carbocycles. The van der Waals surface area contributed by atoms with E-state index in [1.807, 2.05) is 0 Å². The lowest BCUT2D eigenvalue weighted by molar-refractivity contribution is -0.266. The van der Waals surface area contributed by atoms with Gasteiger partial charge in [-0.2, -0.15) is 0 Å². The van der Waals surface area contributed by atoms with E-state index >= 15 is 0 Å². The van der Waals surface area contributed by atoms with Gasteiger partial charge in [-0.15, -0.1) is 5.10 Å². The van der Waals surface area contributed by atoms with Crippen LogP contribution in [0.4, 0.5) is 0 Å². The molecule has 1 fully saturated rings. The number of rotatable bonds is 12. The van der Waals surface area contributed by atoms with Crippen molar-refractivity contribution in [1.29, 1.82) is 0 Å². The molecule has 0 radical (unpaired) electrons. The molecule has 1 aliphatic rings. The van der Waals surface area contributed by atoms with Gasteiger partial charge in [0.1, 0.15) is 18.8 Å². The van der Waals surface area contributed by atoms with E-state index < -0.39 is 85.0 Å². The van der Waals surface area contributed by atoms with E-state index in [1.165, 1.54) is 6.20 Å². The van der Waals surface area contributed by atoms with Gasteiger partial charge in [0, 0.05) is 54.1 Å². The maximum absolute atomic E-state index is 13.4. The second-order valence-corrected chi connectivity index (χ2v) is 9.09. The number of carbonyl (C=O) groups excluding carboxylic acids is 6. The van der Waals surface area contributed by atoms with Crippen molar-refractivity contribution in [3.8, 4) is 0 Å². The molecule has 17 heteroatoms. The smallest absolute Gasteiger partial charge is 0.361 e. The van der Waals surface area contributed by atoms with E-state index in [0.29, 0.717) is 0 Å². The molecule has 41 heavy (non-hydrogen) atoms. The Bertz CT molecular complexity index is 1140. The fourth-order valence-corrected chi connectivity index (χ4v) is 4.36. The number of aliphatic hydroxyl groups is 1. The zero-order chi connectivity index (χ0) is 30.9. The van der Waals surface area contributed by atoms with Crippen LogP contribution in [0.15, 0.2) is 6.20 Å². The van der Waals surface area contributed by atoms with Crippen molar-refractivity contribution in [1.82, 2.24) is 20.3 Å². The molecule has 6 atom stereocenters. The third kappa shape index (κ3) is 8.68. The van der Waals surface area contributed by atoms with Gasteiger partial charge in [0.15, 0.2) is 12.2 Å². The maximum atomic E-state index is 13.4. The predicted octanol–water partition coefficient (Wildman–Crippen LogP) is -1.71. The van der Waals surface area contributed by atoms with E-state index in [0.717, 1.165) is 46.4 Å².